The lowest BCUT2D eigenvalue weighted by Crippen LogP contribution is -2.03. The van der Waals surface area contributed by atoms with Crippen LogP contribution in [0.4, 0.5) is 0 Å². The number of hydrogen-bond acceptors (Lipinski definition) is 3. The second kappa shape index (κ2) is 8.98. The van der Waals surface area contributed by atoms with Crippen molar-refractivity contribution >= 4 is 27.6 Å². The fourth-order valence-corrected chi connectivity index (χ4v) is 2.26. The van der Waals surface area contributed by atoms with E-state index in [9.17, 15) is 4.79 Å². The number of aryl methyl sites for hydroxylation is 1. The quantitative estimate of drug-likeness (QED) is 0.605. The van der Waals surface area contributed by atoms with Crippen LogP contribution in [-0.4, -0.2) is 18.8 Å². The van der Waals surface area contributed by atoms with E-state index in [0.29, 0.717) is 12.3 Å². The van der Waals surface area contributed by atoms with Gasteiger partial charge in [0.25, 0.3) is 0 Å². The molecule has 0 radical (unpaired) electrons. The van der Waals surface area contributed by atoms with Gasteiger partial charge in [-0.05, 0) is 49.4 Å². The summed E-state index contributed by atoms with van der Waals surface area (Å²) in [6, 6.07) is 6.14. The van der Waals surface area contributed by atoms with Crippen LogP contribution >= 0.6 is 15.9 Å². The second-order valence-electron chi connectivity index (χ2n) is 5.33. The molecule has 0 atom stereocenters. The highest BCUT2D eigenvalue weighted by Crippen LogP contribution is 2.33. The molecule has 4 heteroatoms. The van der Waals surface area contributed by atoms with Gasteiger partial charge in [-0.15, -0.1) is 0 Å². The number of benzene rings is 1. The number of halogens is 1. The van der Waals surface area contributed by atoms with Crippen molar-refractivity contribution in [2.75, 3.05) is 7.11 Å². The summed E-state index contributed by atoms with van der Waals surface area (Å²) < 4.78 is 5.48. The number of carbonyl (C=O) groups excluding carboxylic acids is 1. The Morgan fingerprint density at radius 1 is 1.43 bits per heavy atom. The molecule has 1 aromatic rings. The fourth-order valence-electron chi connectivity index (χ4n) is 1.90. The third-order valence-electron chi connectivity index (χ3n) is 3.44. The predicted molar refractivity (Wildman–Crippen MR) is 90.0 cm³/mol. The molecular weight excluding hydrogens is 330 g/mol. The number of unbranched alkanes of at least 4 members (excludes halogenated alkanes) is 1. The minimum atomic E-state index is -0.105. The Hall–Kier alpha value is -1.16. The van der Waals surface area contributed by atoms with E-state index in [4.69, 9.17) is 5.41 Å². The largest absolute Gasteiger partial charge is 0.469 e. The Balaban J connectivity index is 0.000000240. The molecule has 3 nitrogen and oxygen atoms in total. The number of esters is 1. The molecule has 1 aliphatic carbocycles. The average Bonchev–Trinajstić information content (AvgIpc) is 3.32. The lowest BCUT2D eigenvalue weighted by molar-refractivity contribution is -0.140. The first kappa shape index (κ1) is 17.9. The zero-order chi connectivity index (χ0) is 15.8. The summed E-state index contributed by atoms with van der Waals surface area (Å²) in [6.07, 6.45) is 4.95. The molecule has 1 aromatic carbocycles. The molecule has 2 rings (SSSR count). The van der Waals surface area contributed by atoms with Crippen molar-refractivity contribution in [2.24, 2.45) is 5.92 Å². The van der Waals surface area contributed by atoms with Gasteiger partial charge in [-0.3, -0.25) is 4.79 Å². The molecule has 21 heavy (non-hydrogen) atoms. The Kier molecular flexibility index (Phi) is 7.65. The summed E-state index contributed by atoms with van der Waals surface area (Å²) in [7, 11) is 1.41. The molecule has 0 bridgehead atoms. The highest BCUT2D eigenvalue weighted by molar-refractivity contribution is 9.10. The molecular formula is C17H24BrNO2. The summed E-state index contributed by atoms with van der Waals surface area (Å²) in [4.78, 5) is 10.3. The van der Waals surface area contributed by atoms with E-state index in [2.05, 4.69) is 39.7 Å². The summed E-state index contributed by atoms with van der Waals surface area (Å²) >= 11 is 3.44. The van der Waals surface area contributed by atoms with Gasteiger partial charge in [0.1, 0.15) is 0 Å². The van der Waals surface area contributed by atoms with E-state index in [1.807, 2.05) is 13.0 Å². The first-order valence-corrected chi connectivity index (χ1v) is 8.20. The minimum absolute atomic E-state index is 0.105. The van der Waals surface area contributed by atoms with E-state index in [-0.39, 0.29) is 5.97 Å². The normalized spacial score (nSPS) is 13.1. The van der Waals surface area contributed by atoms with Gasteiger partial charge < -0.3 is 10.1 Å². The van der Waals surface area contributed by atoms with Crippen molar-refractivity contribution in [3.05, 3.63) is 33.8 Å². The zero-order valence-electron chi connectivity index (χ0n) is 13.0. The third-order valence-corrected chi connectivity index (χ3v) is 3.93. The minimum Gasteiger partial charge on any atom is -0.469 e. The molecule has 1 N–H and O–H groups in total. The number of rotatable bonds is 5. The van der Waals surface area contributed by atoms with Crippen LogP contribution in [0.25, 0.3) is 0 Å². The zero-order valence-corrected chi connectivity index (χ0v) is 14.6. The molecule has 1 saturated carbocycles. The smallest absolute Gasteiger partial charge is 0.305 e. The van der Waals surface area contributed by atoms with Gasteiger partial charge in [-0.25, -0.2) is 0 Å². The van der Waals surface area contributed by atoms with Crippen molar-refractivity contribution in [2.45, 2.75) is 46.0 Å². The summed E-state index contributed by atoms with van der Waals surface area (Å²) in [5.41, 5.74) is 3.13. The number of ether oxygens (including phenoxy) is 1. The lowest BCUT2D eigenvalue weighted by atomic mass is 10.0. The molecule has 116 valence electrons. The first-order valence-electron chi connectivity index (χ1n) is 7.41. The van der Waals surface area contributed by atoms with Crippen molar-refractivity contribution in [1.29, 1.82) is 5.41 Å². The van der Waals surface area contributed by atoms with Gasteiger partial charge in [0, 0.05) is 22.5 Å². The van der Waals surface area contributed by atoms with Crippen LogP contribution in [0.2, 0.25) is 0 Å². The van der Waals surface area contributed by atoms with E-state index < -0.39 is 0 Å². The van der Waals surface area contributed by atoms with Crippen LogP contribution in [0.1, 0.15) is 50.2 Å². The van der Waals surface area contributed by atoms with Gasteiger partial charge in [0.2, 0.25) is 0 Å². The summed E-state index contributed by atoms with van der Waals surface area (Å²) in [6.45, 7) is 4.11. The van der Waals surface area contributed by atoms with Crippen molar-refractivity contribution in [3.8, 4) is 0 Å². The molecule has 0 heterocycles. The van der Waals surface area contributed by atoms with E-state index >= 15 is 0 Å². The number of hydrogen-bond donors (Lipinski definition) is 1. The Labute approximate surface area is 135 Å². The molecule has 0 unspecified atom stereocenters. The first-order chi connectivity index (χ1) is 9.99. The lowest BCUT2D eigenvalue weighted by Gasteiger charge is -2.06. The maximum Gasteiger partial charge on any atom is 0.305 e. The summed E-state index contributed by atoms with van der Waals surface area (Å²) in [5, 5.41) is 7.96. The van der Waals surface area contributed by atoms with Crippen LogP contribution < -0.4 is 0 Å². The SMILES string of the molecule is CCCCC(=O)OC.Cc1ccc(Br)cc1C(=N)C1CC1. The van der Waals surface area contributed by atoms with E-state index in [1.165, 1.54) is 25.5 Å². The highest BCUT2D eigenvalue weighted by Gasteiger charge is 2.27. The van der Waals surface area contributed by atoms with Crippen molar-refractivity contribution < 1.29 is 9.53 Å². The monoisotopic (exact) mass is 353 g/mol. The van der Waals surface area contributed by atoms with Gasteiger partial charge in [0.05, 0.1) is 7.11 Å². The second-order valence-corrected chi connectivity index (χ2v) is 6.24. The van der Waals surface area contributed by atoms with Crippen molar-refractivity contribution in [3.63, 3.8) is 0 Å². The Morgan fingerprint density at radius 2 is 2.10 bits per heavy atom. The van der Waals surface area contributed by atoms with Gasteiger partial charge in [-0.2, -0.15) is 0 Å². The number of methoxy groups -OCH3 is 1. The van der Waals surface area contributed by atoms with Crippen LogP contribution in [0.3, 0.4) is 0 Å². The molecule has 0 amide bonds. The number of carbonyl (C=O) groups is 1. The Bertz CT molecular complexity index is 496. The number of nitrogens with one attached hydrogen (secondary N) is 1. The standard InChI is InChI=1S/C11H12BrN.C6H12O2/c1-7-2-5-9(12)6-10(7)11(13)8-3-4-8;1-3-4-5-6(7)8-2/h2,5-6,8,13H,3-4H2,1H3;3-5H2,1-2H3. The van der Waals surface area contributed by atoms with Crippen LogP contribution in [0, 0.1) is 18.3 Å². The summed E-state index contributed by atoms with van der Waals surface area (Å²) in [5.74, 6) is 0.430. The van der Waals surface area contributed by atoms with Gasteiger partial charge in [0.15, 0.2) is 0 Å². The third kappa shape index (κ3) is 6.42. The molecule has 0 saturated heterocycles. The van der Waals surface area contributed by atoms with Gasteiger partial charge in [-0.1, -0.05) is 35.3 Å². The van der Waals surface area contributed by atoms with Crippen LogP contribution in [-0.2, 0) is 9.53 Å². The predicted octanol–water partition coefficient (Wildman–Crippen LogP) is 4.88. The highest BCUT2D eigenvalue weighted by atomic mass is 79.9. The average molecular weight is 354 g/mol. The topological polar surface area (TPSA) is 50.2 Å². The maximum atomic E-state index is 10.3. The van der Waals surface area contributed by atoms with Crippen LogP contribution in [0.5, 0.6) is 0 Å². The van der Waals surface area contributed by atoms with E-state index in [0.717, 1.165) is 28.6 Å². The van der Waals surface area contributed by atoms with Crippen LogP contribution in [0.15, 0.2) is 22.7 Å². The van der Waals surface area contributed by atoms with Crippen molar-refractivity contribution in [1.82, 2.24) is 0 Å². The molecule has 1 aliphatic rings. The maximum absolute atomic E-state index is 10.3. The molecule has 0 aliphatic heterocycles. The van der Waals surface area contributed by atoms with Gasteiger partial charge >= 0.3 is 5.97 Å². The Morgan fingerprint density at radius 3 is 2.62 bits per heavy atom. The molecule has 1 fully saturated rings. The van der Waals surface area contributed by atoms with E-state index in [1.54, 1.807) is 0 Å². The fraction of sp³-hybridized carbons (Fsp3) is 0.529. The molecule has 0 spiro atoms. The molecule has 0 aromatic heterocycles.